The molecule has 0 atom stereocenters. The number of nitriles is 1. The lowest BCUT2D eigenvalue weighted by molar-refractivity contribution is -0.142. The Bertz CT molecular complexity index is 3060. The molecule has 9 heteroatoms. The van der Waals surface area contributed by atoms with Crippen molar-refractivity contribution in [2.45, 2.75) is 40.0 Å². The summed E-state index contributed by atoms with van der Waals surface area (Å²) in [5, 5.41) is 14.5. The first-order valence-electron chi connectivity index (χ1n) is 18.6. The molecule has 0 amide bonds. The zero-order valence-corrected chi connectivity index (χ0v) is 31.7. The van der Waals surface area contributed by atoms with Crippen molar-refractivity contribution >= 4 is 43.6 Å². The highest BCUT2D eigenvalue weighted by atomic mass is 19.4. The van der Waals surface area contributed by atoms with Crippen molar-refractivity contribution in [1.82, 2.24) is 9.13 Å². The van der Waals surface area contributed by atoms with Crippen LogP contribution < -0.4 is 0 Å². The van der Waals surface area contributed by atoms with E-state index < -0.39 is 29.0 Å². The summed E-state index contributed by atoms with van der Waals surface area (Å²) >= 11 is 0. The van der Waals surface area contributed by atoms with Crippen molar-refractivity contribution in [2.75, 3.05) is 0 Å². The molecule has 9 rings (SSSR count). The Morgan fingerprint density at radius 3 is 1.17 bits per heavy atom. The molecule has 0 fully saturated rings. The van der Waals surface area contributed by atoms with Crippen LogP contribution in [0.15, 0.2) is 127 Å². The number of fused-ring (bicyclic) bond motifs is 6. The van der Waals surface area contributed by atoms with E-state index in [2.05, 4.69) is 18.2 Å². The number of rotatable bonds is 4. The second-order valence-corrected chi connectivity index (χ2v) is 15.0. The smallest absolute Gasteiger partial charge is 0.309 e. The van der Waals surface area contributed by atoms with Crippen molar-refractivity contribution in [3.05, 3.63) is 166 Å². The van der Waals surface area contributed by atoms with Crippen LogP contribution >= 0.6 is 0 Å². The average Bonchev–Trinajstić information content (AvgIpc) is 3.67. The van der Waals surface area contributed by atoms with E-state index in [0.717, 1.165) is 60.9 Å². The van der Waals surface area contributed by atoms with Gasteiger partial charge in [0.25, 0.3) is 0 Å². The number of aromatic nitrogens is 2. The van der Waals surface area contributed by atoms with Gasteiger partial charge in [0.2, 0.25) is 0 Å². The number of hydrogen-bond donors (Lipinski definition) is 0. The molecule has 0 radical (unpaired) electrons. The highest BCUT2D eigenvalue weighted by Crippen LogP contribution is 2.51. The monoisotopic (exact) mass is 777 g/mol. The third kappa shape index (κ3) is 5.74. The van der Waals surface area contributed by atoms with Crippen LogP contribution in [0.1, 0.15) is 38.9 Å². The van der Waals surface area contributed by atoms with Crippen LogP contribution in [0.4, 0.5) is 26.3 Å². The third-order valence-electron chi connectivity index (χ3n) is 11.0. The summed E-state index contributed by atoms with van der Waals surface area (Å²) in [5.41, 5.74) is 3.72. The van der Waals surface area contributed by atoms with Gasteiger partial charge < -0.3 is 9.13 Å². The van der Waals surface area contributed by atoms with Crippen molar-refractivity contribution in [2.24, 2.45) is 0 Å². The van der Waals surface area contributed by atoms with Gasteiger partial charge in [-0.05, 0) is 112 Å². The molecule has 0 aliphatic heterocycles. The number of alkyl halides is 6. The highest BCUT2D eigenvalue weighted by molar-refractivity contribution is 6.13. The van der Waals surface area contributed by atoms with Gasteiger partial charge >= 0.3 is 12.4 Å². The molecule has 2 aromatic heterocycles. The minimum atomic E-state index is -5.16. The van der Waals surface area contributed by atoms with E-state index in [-0.39, 0.29) is 22.3 Å². The van der Waals surface area contributed by atoms with Crippen molar-refractivity contribution in [3.8, 4) is 39.7 Å². The topological polar surface area (TPSA) is 33.6 Å². The van der Waals surface area contributed by atoms with Gasteiger partial charge in [0, 0.05) is 38.2 Å². The zero-order valence-electron chi connectivity index (χ0n) is 31.7. The van der Waals surface area contributed by atoms with Crippen molar-refractivity contribution in [3.63, 3.8) is 0 Å². The molecule has 58 heavy (non-hydrogen) atoms. The van der Waals surface area contributed by atoms with Crippen molar-refractivity contribution < 1.29 is 26.3 Å². The van der Waals surface area contributed by atoms with E-state index in [1.54, 1.807) is 24.3 Å². The van der Waals surface area contributed by atoms with E-state index >= 15 is 26.3 Å². The molecule has 0 aliphatic carbocycles. The molecule has 0 bridgehead atoms. The van der Waals surface area contributed by atoms with Gasteiger partial charge in [-0.2, -0.15) is 31.6 Å². The molecule has 3 nitrogen and oxygen atoms in total. The summed E-state index contributed by atoms with van der Waals surface area (Å²) in [6.07, 6.45) is -10.3. The lowest BCUT2D eigenvalue weighted by Crippen LogP contribution is -2.15. The lowest BCUT2D eigenvalue weighted by Gasteiger charge is -2.25. The minimum absolute atomic E-state index is 0.0472. The van der Waals surface area contributed by atoms with Crippen LogP contribution in [0.5, 0.6) is 0 Å². The third-order valence-corrected chi connectivity index (χ3v) is 11.0. The van der Waals surface area contributed by atoms with Gasteiger partial charge in [-0.25, -0.2) is 0 Å². The van der Waals surface area contributed by atoms with Crippen LogP contribution in [0, 0.1) is 39.0 Å². The maximum Gasteiger partial charge on any atom is 0.417 e. The van der Waals surface area contributed by atoms with Crippen LogP contribution in [-0.4, -0.2) is 9.13 Å². The van der Waals surface area contributed by atoms with E-state index in [9.17, 15) is 5.26 Å². The van der Waals surface area contributed by atoms with Gasteiger partial charge in [-0.15, -0.1) is 0 Å². The average molecular weight is 778 g/mol. The molecule has 0 aliphatic rings. The first-order valence-corrected chi connectivity index (χ1v) is 18.6. The lowest BCUT2D eigenvalue weighted by atomic mass is 9.85. The van der Waals surface area contributed by atoms with Gasteiger partial charge in [-0.3, -0.25) is 0 Å². The maximum absolute atomic E-state index is 15.1. The van der Waals surface area contributed by atoms with Crippen molar-refractivity contribution in [1.29, 1.82) is 5.26 Å². The number of hydrogen-bond acceptors (Lipinski definition) is 1. The number of aryl methyl sites for hydroxylation is 4. The van der Waals surface area contributed by atoms with Gasteiger partial charge in [0.1, 0.15) is 0 Å². The summed E-state index contributed by atoms with van der Waals surface area (Å²) in [7, 11) is 0. The van der Waals surface area contributed by atoms with Crippen LogP contribution in [0.3, 0.4) is 0 Å². The normalized spacial score (nSPS) is 12.3. The minimum Gasteiger partial charge on any atom is -0.309 e. The van der Waals surface area contributed by atoms with Gasteiger partial charge in [-0.1, -0.05) is 70.8 Å². The summed E-state index contributed by atoms with van der Waals surface area (Å²) < 4.78 is 94.7. The quantitative estimate of drug-likeness (QED) is 0.164. The first kappa shape index (κ1) is 36.8. The molecule has 9 aromatic rings. The number of nitrogens with zero attached hydrogens (tertiary/aromatic N) is 3. The fourth-order valence-electron chi connectivity index (χ4n) is 8.62. The largest absolute Gasteiger partial charge is 0.417 e. The van der Waals surface area contributed by atoms with E-state index in [0.29, 0.717) is 34.5 Å². The molecule has 0 spiro atoms. The van der Waals surface area contributed by atoms with E-state index in [1.165, 1.54) is 12.1 Å². The van der Waals surface area contributed by atoms with Crippen LogP contribution in [-0.2, 0) is 12.4 Å². The molecule has 0 saturated heterocycles. The Morgan fingerprint density at radius 2 is 0.793 bits per heavy atom. The molecule has 2 heterocycles. The predicted octanol–water partition coefficient (Wildman–Crippen LogP) is 14.4. The summed E-state index contributed by atoms with van der Waals surface area (Å²) in [5.74, 6) is 0. The second-order valence-electron chi connectivity index (χ2n) is 15.0. The zero-order chi connectivity index (χ0) is 40.8. The number of benzene rings is 7. The highest BCUT2D eigenvalue weighted by Gasteiger charge is 2.42. The number of halogens is 6. The predicted molar refractivity (Wildman–Crippen MR) is 220 cm³/mol. The summed E-state index contributed by atoms with van der Waals surface area (Å²) in [6.45, 7) is 7.88. The second kappa shape index (κ2) is 13.1. The Morgan fingerprint density at radius 1 is 0.431 bits per heavy atom. The molecular weight excluding hydrogens is 745 g/mol. The fourth-order valence-corrected chi connectivity index (χ4v) is 8.62. The maximum atomic E-state index is 15.1. The molecule has 7 aromatic carbocycles. The Kier molecular flexibility index (Phi) is 8.34. The Balaban J connectivity index is 1.54. The van der Waals surface area contributed by atoms with Crippen LogP contribution in [0.2, 0.25) is 0 Å². The SMILES string of the molecule is Cc1ccc2c(c1)c1cc(C)ccc1n2-c1cccc(C#N)c1-c1c(-c2c(C(F)(F)F)cccc2C(F)(F)F)cccc1-n1c2ccc(C)cc2c2cc(C)ccc21. The molecular formula is C49H33F6N3. The van der Waals surface area contributed by atoms with Gasteiger partial charge in [0.05, 0.1) is 56.2 Å². The van der Waals surface area contributed by atoms with Gasteiger partial charge in [0.15, 0.2) is 0 Å². The van der Waals surface area contributed by atoms with E-state index in [4.69, 9.17) is 0 Å². The van der Waals surface area contributed by atoms with E-state index in [1.807, 2.05) is 97.5 Å². The summed E-state index contributed by atoms with van der Waals surface area (Å²) in [4.78, 5) is 0. The first-order chi connectivity index (χ1) is 27.7. The molecule has 0 saturated carbocycles. The standard InChI is InChI=1S/C49H33F6N3/c1-27-14-18-39-33(22-27)34-23-28(2)15-19-40(34)57(39)43-12-5-8-31(26-56)45(43)47-32(46-37(48(50,51)52)10-7-11-38(46)49(53,54)55)9-6-13-44(47)58-41-20-16-29(3)24-35(41)36-25-30(4)17-21-42(36)58/h5-25H,1-4H3. The van der Waals surface area contributed by atoms with Crippen LogP contribution in [0.25, 0.3) is 77.2 Å². The molecule has 0 N–H and O–H groups in total. The fraction of sp³-hybridized carbons (Fsp3) is 0.122. The summed E-state index contributed by atoms with van der Waals surface area (Å²) in [6, 6.07) is 37.6. The molecule has 286 valence electrons. The molecule has 0 unspecified atom stereocenters. The Labute approximate surface area is 329 Å². The Hall–Kier alpha value is -6.79.